The molecule has 0 nitrogen and oxygen atoms in total. The van der Waals surface area contributed by atoms with Gasteiger partial charge in [0.05, 0.1) is 0 Å². The number of rotatable bonds is 0. The van der Waals surface area contributed by atoms with Crippen molar-refractivity contribution in [3.05, 3.63) is 91.1 Å². The Labute approximate surface area is 179 Å². The van der Waals surface area contributed by atoms with Crippen molar-refractivity contribution in [3.8, 4) is 0 Å². The predicted octanol–water partition coefficient (Wildman–Crippen LogP) is -0.0765. The van der Waals surface area contributed by atoms with Crippen molar-refractivity contribution >= 4 is 14.0 Å². The standard InChI is InChI=1S/C9H7.2C5H5.C3H6.2ClH.Zr/c1-2-5-9-7-3-6-8(9)4-1;2*1-2-4-5-3-1;1-3-2;;;/h1-7H;2*1-3H,4H2;1-2H3;2*1H;/q3*-1;;;;+2/p-2. The van der Waals surface area contributed by atoms with Crippen LogP contribution in [0.2, 0.25) is 0 Å². The first-order valence-corrected chi connectivity index (χ1v) is 8.98. The van der Waals surface area contributed by atoms with E-state index in [2.05, 4.69) is 80.6 Å². The third-order valence-electron chi connectivity index (χ3n) is 2.72. The van der Waals surface area contributed by atoms with Crippen molar-refractivity contribution in [2.24, 2.45) is 0 Å². The second-order valence-electron chi connectivity index (χ2n) is 5.16. The number of allylic oxidation sites excluding steroid dienone is 8. The third kappa shape index (κ3) is 15.1. The molecule has 0 spiro atoms. The second-order valence-corrected chi connectivity index (χ2v) is 7.62. The van der Waals surface area contributed by atoms with Crippen LogP contribution in [-0.4, -0.2) is 3.21 Å². The summed E-state index contributed by atoms with van der Waals surface area (Å²) in [6.07, 6.45) is 20.0. The molecule has 2 aromatic rings. The van der Waals surface area contributed by atoms with Gasteiger partial charge in [0.15, 0.2) is 0 Å². The summed E-state index contributed by atoms with van der Waals surface area (Å²) in [5.74, 6) is 0. The van der Waals surface area contributed by atoms with Crippen LogP contribution in [0.4, 0.5) is 0 Å². The molecule has 4 rings (SSSR count). The summed E-state index contributed by atoms with van der Waals surface area (Å²) >= 11 is 1.55. The zero-order valence-corrected chi connectivity index (χ0v) is 18.6. The zero-order chi connectivity index (χ0) is 16.8. The molecular formula is C22H23Cl2Zr-3. The fourth-order valence-electron chi connectivity index (χ4n) is 1.75. The fourth-order valence-corrected chi connectivity index (χ4v) is 1.75. The molecule has 0 saturated heterocycles. The molecule has 0 radical (unpaired) electrons. The minimum absolute atomic E-state index is 0. The molecule has 0 unspecified atom stereocenters. The largest absolute Gasteiger partial charge is 1.00 e. The molecule has 0 aliphatic heterocycles. The van der Waals surface area contributed by atoms with Gasteiger partial charge in [-0.3, -0.25) is 12.2 Å². The van der Waals surface area contributed by atoms with Crippen LogP contribution in [0.1, 0.15) is 26.7 Å². The maximum Gasteiger partial charge on any atom is -0.0809 e. The summed E-state index contributed by atoms with van der Waals surface area (Å²) < 4.78 is 1.51. The molecular weight excluding hydrogens is 426 g/mol. The second kappa shape index (κ2) is 17.9. The number of benzene rings is 1. The van der Waals surface area contributed by atoms with Crippen LogP contribution >= 0.6 is 0 Å². The Kier molecular flexibility index (Phi) is 18.9. The molecule has 25 heavy (non-hydrogen) atoms. The molecule has 2 aliphatic carbocycles. The van der Waals surface area contributed by atoms with E-state index in [9.17, 15) is 0 Å². The van der Waals surface area contributed by atoms with Crippen LogP contribution in [-0.2, 0) is 24.2 Å². The van der Waals surface area contributed by atoms with Crippen LogP contribution in [0, 0.1) is 12.2 Å². The first-order valence-electron chi connectivity index (χ1n) is 7.76. The van der Waals surface area contributed by atoms with Gasteiger partial charge in [-0.15, -0.1) is 42.5 Å². The van der Waals surface area contributed by atoms with Gasteiger partial charge in [0.2, 0.25) is 0 Å². The minimum Gasteiger partial charge on any atom is -1.00 e. The van der Waals surface area contributed by atoms with Crippen LogP contribution < -0.4 is 24.8 Å². The van der Waals surface area contributed by atoms with Crippen molar-refractivity contribution < 1.29 is 49.0 Å². The monoisotopic (exact) mass is 447 g/mol. The van der Waals surface area contributed by atoms with E-state index in [0.29, 0.717) is 0 Å². The molecule has 0 fully saturated rings. The molecule has 0 atom stereocenters. The Morgan fingerprint density at radius 3 is 1.80 bits per heavy atom. The Hall–Kier alpha value is -0.877. The maximum atomic E-state index is 2.99. The van der Waals surface area contributed by atoms with E-state index in [1.54, 1.807) is 24.2 Å². The quantitative estimate of drug-likeness (QED) is 0.494. The van der Waals surface area contributed by atoms with Gasteiger partial charge in [-0.1, -0.05) is 6.07 Å². The van der Waals surface area contributed by atoms with Crippen molar-refractivity contribution in [3.63, 3.8) is 0 Å². The number of halogens is 2. The van der Waals surface area contributed by atoms with Crippen molar-refractivity contribution in [1.82, 2.24) is 0 Å². The Balaban J connectivity index is 0. The van der Waals surface area contributed by atoms with E-state index >= 15 is 0 Å². The van der Waals surface area contributed by atoms with Gasteiger partial charge in [0, 0.05) is 0 Å². The first-order chi connectivity index (χ1) is 11.2. The summed E-state index contributed by atoms with van der Waals surface area (Å²) in [4.78, 5) is 0. The van der Waals surface area contributed by atoms with Gasteiger partial charge in [-0.05, 0) is 0 Å². The first kappa shape index (κ1) is 26.4. The minimum atomic E-state index is 0. The van der Waals surface area contributed by atoms with Gasteiger partial charge >= 0.3 is 41.3 Å². The van der Waals surface area contributed by atoms with Crippen LogP contribution in [0.15, 0.2) is 78.9 Å². The van der Waals surface area contributed by atoms with E-state index < -0.39 is 0 Å². The van der Waals surface area contributed by atoms with Gasteiger partial charge in [-0.25, -0.2) is 24.3 Å². The van der Waals surface area contributed by atoms with E-state index in [-0.39, 0.29) is 24.8 Å². The maximum absolute atomic E-state index is 2.99. The average Bonchev–Trinajstić information content (AvgIpc) is 3.31. The third-order valence-corrected chi connectivity index (χ3v) is 2.72. The van der Waals surface area contributed by atoms with Crippen LogP contribution in [0.5, 0.6) is 0 Å². The number of fused-ring (bicyclic) bond motifs is 1. The Morgan fingerprint density at radius 1 is 0.920 bits per heavy atom. The van der Waals surface area contributed by atoms with Gasteiger partial charge in [0.25, 0.3) is 0 Å². The Morgan fingerprint density at radius 2 is 1.44 bits per heavy atom. The van der Waals surface area contributed by atoms with Crippen molar-refractivity contribution in [2.75, 3.05) is 0 Å². The predicted molar refractivity (Wildman–Crippen MR) is 99.0 cm³/mol. The molecule has 0 N–H and O–H groups in total. The normalized spacial score (nSPS) is 11.8. The van der Waals surface area contributed by atoms with E-state index in [1.165, 1.54) is 14.0 Å². The van der Waals surface area contributed by atoms with Crippen molar-refractivity contribution in [2.45, 2.75) is 26.7 Å². The van der Waals surface area contributed by atoms with E-state index in [4.69, 9.17) is 0 Å². The van der Waals surface area contributed by atoms with Gasteiger partial charge < -0.3 is 24.8 Å². The van der Waals surface area contributed by atoms with E-state index in [0.717, 1.165) is 12.8 Å². The molecule has 0 heterocycles. The molecule has 2 aromatic carbocycles. The molecule has 132 valence electrons. The SMILES string of the molecule is C[C](C)=[Zr+2].[C-]1=CC=CC1.[C-]1=CC=CC1.[Cl-].[Cl-].c1ccc2[cH-]ccc2c1. The fraction of sp³-hybridized carbons (Fsp3) is 0.182. The van der Waals surface area contributed by atoms with Crippen LogP contribution in [0.3, 0.4) is 0 Å². The molecule has 3 heteroatoms. The van der Waals surface area contributed by atoms with Crippen molar-refractivity contribution in [1.29, 1.82) is 0 Å². The summed E-state index contributed by atoms with van der Waals surface area (Å²) in [5, 5.41) is 2.66. The molecule has 0 amide bonds. The summed E-state index contributed by atoms with van der Waals surface area (Å²) in [6, 6.07) is 14.7. The summed E-state index contributed by atoms with van der Waals surface area (Å²) in [6.45, 7) is 4.25. The van der Waals surface area contributed by atoms with Crippen LogP contribution in [0.25, 0.3) is 10.8 Å². The molecule has 0 saturated carbocycles. The number of hydrogen-bond donors (Lipinski definition) is 0. The number of hydrogen-bond acceptors (Lipinski definition) is 0. The molecule has 2 aliphatic rings. The van der Waals surface area contributed by atoms with Gasteiger partial charge in [-0.2, -0.15) is 29.7 Å². The molecule has 0 bridgehead atoms. The zero-order valence-electron chi connectivity index (χ0n) is 14.7. The summed E-state index contributed by atoms with van der Waals surface area (Å²) in [7, 11) is 0. The Bertz CT molecular complexity index is 615. The molecule has 0 aromatic heterocycles. The summed E-state index contributed by atoms with van der Waals surface area (Å²) in [5.41, 5.74) is 0. The van der Waals surface area contributed by atoms with Gasteiger partial charge in [0.1, 0.15) is 0 Å². The topological polar surface area (TPSA) is 0 Å². The average molecular weight is 450 g/mol. The smallest absolute Gasteiger partial charge is 0.0809 e. The van der Waals surface area contributed by atoms with E-state index in [1.807, 2.05) is 24.3 Å².